The van der Waals surface area contributed by atoms with Gasteiger partial charge in [0.1, 0.15) is 6.61 Å². The first-order valence-electron chi connectivity index (χ1n) is 5.75. The highest BCUT2D eigenvalue weighted by Crippen LogP contribution is 2.06. The van der Waals surface area contributed by atoms with Gasteiger partial charge in [-0.25, -0.2) is 4.79 Å². The van der Waals surface area contributed by atoms with E-state index in [-0.39, 0.29) is 18.5 Å². The molecule has 0 heterocycles. The molecule has 96 valence electrons. The largest absolute Gasteiger partial charge is 0.458 e. The van der Waals surface area contributed by atoms with Crippen LogP contribution in [0.2, 0.25) is 0 Å². The van der Waals surface area contributed by atoms with Crippen molar-refractivity contribution in [1.29, 1.82) is 0 Å². The number of rotatable bonds is 5. The number of allylic oxidation sites excluding steroid dienone is 1. The molecule has 0 radical (unpaired) electrons. The molecule has 1 aromatic rings. The van der Waals surface area contributed by atoms with E-state index in [9.17, 15) is 9.59 Å². The number of ether oxygens (including phenoxy) is 1. The second-order valence-corrected chi connectivity index (χ2v) is 3.77. The molecule has 1 aromatic carbocycles. The van der Waals surface area contributed by atoms with Crippen LogP contribution in [-0.4, -0.2) is 18.5 Å². The summed E-state index contributed by atoms with van der Waals surface area (Å²) in [6, 6.07) is 6.97. The van der Waals surface area contributed by atoms with Gasteiger partial charge in [0.25, 0.3) is 0 Å². The Morgan fingerprint density at radius 2 is 1.94 bits per heavy atom. The number of amides is 1. The molecule has 1 N–H and O–H groups in total. The smallest absolute Gasteiger partial charge is 0.338 e. The molecule has 0 saturated heterocycles. The van der Waals surface area contributed by atoms with Crippen LogP contribution >= 0.6 is 0 Å². The van der Waals surface area contributed by atoms with Crippen molar-refractivity contribution in [2.75, 3.05) is 6.61 Å². The van der Waals surface area contributed by atoms with Crippen LogP contribution in [0.15, 0.2) is 36.4 Å². The Bertz CT molecular complexity index is 435. The summed E-state index contributed by atoms with van der Waals surface area (Å²) < 4.78 is 5.01. The van der Waals surface area contributed by atoms with Crippen LogP contribution < -0.4 is 5.32 Å². The number of benzene rings is 1. The summed E-state index contributed by atoms with van der Waals surface area (Å²) in [6.07, 6.45) is 3.59. The lowest BCUT2D eigenvalue weighted by Gasteiger charge is -2.04. The quantitative estimate of drug-likeness (QED) is 0.640. The number of hydrogen-bond donors (Lipinski definition) is 1. The van der Waals surface area contributed by atoms with E-state index in [1.165, 1.54) is 6.92 Å². The predicted molar refractivity (Wildman–Crippen MR) is 69.1 cm³/mol. The zero-order valence-electron chi connectivity index (χ0n) is 10.6. The van der Waals surface area contributed by atoms with Gasteiger partial charge in [0.2, 0.25) is 5.91 Å². The second-order valence-electron chi connectivity index (χ2n) is 3.77. The summed E-state index contributed by atoms with van der Waals surface area (Å²) >= 11 is 0. The maximum absolute atomic E-state index is 11.6. The SMILES string of the molecule is C/C=C/COC(=O)c1ccc(CNC(C)=O)cc1. The van der Waals surface area contributed by atoms with Crippen molar-refractivity contribution in [1.82, 2.24) is 5.32 Å². The summed E-state index contributed by atoms with van der Waals surface area (Å²) in [7, 11) is 0. The van der Waals surface area contributed by atoms with Crippen LogP contribution in [0.4, 0.5) is 0 Å². The molecule has 0 atom stereocenters. The molecule has 4 nitrogen and oxygen atoms in total. The molecule has 0 aromatic heterocycles. The van der Waals surface area contributed by atoms with E-state index in [0.29, 0.717) is 12.1 Å². The second kappa shape index (κ2) is 7.27. The summed E-state index contributed by atoms with van der Waals surface area (Å²) in [5, 5.41) is 2.69. The van der Waals surface area contributed by atoms with E-state index in [1.54, 1.807) is 30.3 Å². The molecule has 0 aliphatic heterocycles. The third-order valence-electron chi connectivity index (χ3n) is 2.28. The predicted octanol–water partition coefficient (Wildman–Crippen LogP) is 2.06. The Hall–Kier alpha value is -2.10. The van der Waals surface area contributed by atoms with Crippen LogP contribution in [0.1, 0.15) is 29.8 Å². The molecule has 18 heavy (non-hydrogen) atoms. The number of hydrogen-bond acceptors (Lipinski definition) is 3. The summed E-state index contributed by atoms with van der Waals surface area (Å²) in [5.41, 5.74) is 1.45. The fraction of sp³-hybridized carbons (Fsp3) is 0.286. The van der Waals surface area contributed by atoms with Gasteiger partial charge in [0.05, 0.1) is 5.56 Å². The zero-order valence-corrected chi connectivity index (χ0v) is 10.6. The Morgan fingerprint density at radius 1 is 1.28 bits per heavy atom. The van der Waals surface area contributed by atoms with Crippen LogP contribution in [0, 0.1) is 0 Å². The van der Waals surface area contributed by atoms with Crippen molar-refractivity contribution >= 4 is 11.9 Å². The molecular formula is C14H17NO3. The third kappa shape index (κ3) is 4.82. The summed E-state index contributed by atoms with van der Waals surface area (Å²) in [4.78, 5) is 22.3. The lowest BCUT2D eigenvalue weighted by Crippen LogP contribution is -2.18. The normalized spacial score (nSPS) is 10.3. The molecule has 4 heteroatoms. The highest BCUT2D eigenvalue weighted by molar-refractivity contribution is 5.89. The van der Waals surface area contributed by atoms with Gasteiger partial charge < -0.3 is 10.1 Å². The van der Waals surface area contributed by atoms with Gasteiger partial charge in [-0.1, -0.05) is 24.3 Å². The van der Waals surface area contributed by atoms with Crippen molar-refractivity contribution in [3.63, 3.8) is 0 Å². The van der Waals surface area contributed by atoms with E-state index in [1.807, 2.05) is 13.0 Å². The van der Waals surface area contributed by atoms with E-state index in [2.05, 4.69) is 5.32 Å². The molecule has 0 saturated carbocycles. The van der Waals surface area contributed by atoms with Gasteiger partial charge in [0.15, 0.2) is 0 Å². The average Bonchev–Trinajstić information content (AvgIpc) is 2.37. The average molecular weight is 247 g/mol. The highest BCUT2D eigenvalue weighted by Gasteiger charge is 2.05. The van der Waals surface area contributed by atoms with Crippen LogP contribution in [0.5, 0.6) is 0 Å². The molecule has 1 amide bonds. The molecule has 0 spiro atoms. The zero-order chi connectivity index (χ0) is 13.4. The lowest BCUT2D eigenvalue weighted by molar-refractivity contribution is -0.119. The van der Waals surface area contributed by atoms with Crippen molar-refractivity contribution in [2.24, 2.45) is 0 Å². The van der Waals surface area contributed by atoms with Crippen LogP contribution in [0.25, 0.3) is 0 Å². The fourth-order valence-corrected chi connectivity index (χ4v) is 1.29. The van der Waals surface area contributed by atoms with E-state index >= 15 is 0 Å². The molecule has 0 bridgehead atoms. The first-order valence-corrected chi connectivity index (χ1v) is 5.75. The summed E-state index contributed by atoms with van der Waals surface area (Å²) in [6.45, 7) is 4.07. The molecule has 0 aliphatic rings. The molecule has 0 aliphatic carbocycles. The number of nitrogens with one attached hydrogen (secondary N) is 1. The van der Waals surface area contributed by atoms with Gasteiger partial charge >= 0.3 is 5.97 Å². The van der Waals surface area contributed by atoms with Crippen LogP contribution in [-0.2, 0) is 16.1 Å². The van der Waals surface area contributed by atoms with Crippen molar-refractivity contribution < 1.29 is 14.3 Å². The highest BCUT2D eigenvalue weighted by atomic mass is 16.5. The van der Waals surface area contributed by atoms with Crippen molar-refractivity contribution in [3.05, 3.63) is 47.5 Å². The Labute approximate surface area is 107 Å². The van der Waals surface area contributed by atoms with Gasteiger partial charge in [-0.15, -0.1) is 0 Å². The van der Waals surface area contributed by atoms with Crippen LogP contribution in [0.3, 0.4) is 0 Å². The van der Waals surface area contributed by atoms with E-state index < -0.39 is 0 Å². The monoisotopic (exact) mass is 247 g/mol. The lowest BCUT2D eigenvalue weighted by atomic mass is 10.1. The standard InChI is InChI=1S/C14H17NO3/c1-3-4-9-18-14(17)13-7-5-12(6-8-13)10-15-11(2)16/h3-8H,9-10H2,1-2H3,(H,15,16)/b4-3+. The Kier molecular flexibility index (Phi) is 5.64. The van der Waals surface area contributed by atoms with E-state index in [0.717, 1.165) is 5.56 Å². The maximum atomic E-state index is 11.6. The van der Waals surface area contributed by atoms with Crippen molar-refractivity contribution in [2.45, 2.75) is 20.4 Å². The molecular weight excluding hydrogens is 230 g/mol. The topological polar surface area (TPSA) is 55.4 Å². The maximum Gasteiger partial charge on any atom is 0.338 e. The fourth-order valence-electron chi connectivity index (χ4n) is 1.29. The molecule has 0 fully saturated rings. The Morgan fingerprint density at radius 3 is 2.50 bits per heavy atom. The van der Waals surface area contributed by atoms with E-state index in [4.69, 9.17) is 4.74 Å². The third-order valence-corrected chi connectivity index (χ3v) is 2.28. The first kappa shape index (κ1) is 14.0. The van der Waals surface area contributed by atoms with Gasteiger partial charge in [-0.2, -0.15) is 0 Å². The molecule has 1 rings (SSSR count). The van der Waals surface area contributed by atoms with Gasteiger partial charge in [-0.05, 0) is 24.6 Å². The minimum atomic E-state index is -0.348. The Balaban J connectivity index is 2.53. The number of carbonyl (C=O) groups is 2. The minimum absolute atomic E-state index is 0.0789. The minimum Gasteiger partial charge on any atom is -0.458 e. The first-order chi connectivity index (χ1) is 8.63. The molecule has 0 unspecified atom stereocenters. The van der Waals surface area contributed by atoms with Gasteiger partial charge in [-0.3, -0.25) is 4.79 Å². The number of carbonyl (C=O) groups excluding carboxylic acids is 2. The van der Waals surface area contributed by atoms with Crippen molar-refractivity contribution in [3.8, 4) is 0 Å². The number of esters is 1. The van der Waals surface area contributed by atoms with Gasteiger partial charge in [0, 0.05) is 13.5 Å². The summed E-state index contributed by atoms with van der Waals surface area (Å²) in [5.74, 6) is -0.427.